The van der Waals surface area contributed by atoms with Crippen molar-refractivity contribution < 1.29 is 24.0 Å². The fraction of sp³-hybridized carbons (Fsp3) is 0.353. The smallest absolute Gasteiger partial charge is 0.341 e. The Hall–Kier alpha value is -2.83. The van der Waals surface area contributed by atoms with E-state index >= 15 is 0 Å². The van der Waals surface area contributed by atoms with Crippen LogP contribution in [0.3, 0.4) is 0 Å². The van der Waals surface area contributed by atoms with E-state index < -0.39 is 5.97 Å². The Morgan fingerprint density at radius 3 is 2.67 bits per heavy atom. The molecule has 0 spiro atoms. The Morgan fingerprint density at radius 1 is 1.33 bits per heavy atom. The third kappa shape index (κ3) is 3.73. The van der Waals surface area contributed by atoms with Crippen LogP contribution in [0.1, 0.15) is 40.4 Å². The molecule has 7 nitrogen and oxygen atoms in total. The standard InChI is InChI=1S/C17H18N2O5/c1-19(17(22)14-9-24-18-16(14)12-4-5-12)8-11-2-6-13(7-3-11)23-10-15(20)21/h2-3,6-7,9,12H,4-5,8,10H2,1H3,(H,20,21). The molecule has 1 aliphatic rings. The number of nitrogens with zero attached hydrogens (tertiary/aromatic N) is 2. The van der Waals surface area contributed by atoms with Crippen LogP contribution in [0.15, 0.2) is 35.1 Å². The van der Waals surface area contributed by atoms with Gasteiger partial charge >= 0.3 is 5.97 Å². The molecule has 126 valence electrons. The molecule has 24 heavy (non-hydrogen) atoms. The molecule has 0 radical (unpaired) electrons. The van der Waals surface area contributed by atoms with E-state index in [2.05, 4.69) is 5.16 Å². The first kappa shape index (κ1) is 16.0. The zero-order chi connectivity index (χ0) is 17.1. The summed E-state index contributed by atoms with van der Waals surface area (Å²) in [6.45, 7) is 0.0441. The van der Waals surface area contributed by atoms with Gasteiger partial charge in [0.25, 0.3) is 5.91 Å². The van der Waals surface area contributed by atoms with Gasteiger partial charge in [-0.15, -0.1) is 0 Å². The van der Waals surface area contributed by atoms with Gasteiger partial charge in [0.15, 0.2) is 6.61 Å². The number of rotatable bonds is 7. The molecule has 1 aromatic heterocycles. The fourth-order valence-electron chi connectivity index (χ4n) is 2.44. The summed E-state index contributed by atoms with van der Waals surface area (Å²) in [4.78, 5) is 24.6. The summed E-state index contributed by atoms with van der Waals surface area (Å²) in [5, 5.41) is 12.5. The van der Waals surface area contributed by atoms with Crippen molar-refractivity contribution in [3.8, 4) is 5.75 Å². The van der Waals surface area contributed by atoms with Gasteiger partial charge in [-0.25, -0.2) is 4.79 Å². The van der Waals surface area contributed by atoms with Gasteiger partial charge in [0, 0.05) is 19.5 Å². The molecule has 1 saturated carbocycles. The van der Waals surface area contributed by atoms with Crippen LogP contribution in [0.5, 0.6) is 5.75 Å². The number of aromatic nitrogens is 1. The minimum Gasteiger partial charge on any atom is -0.482 e. The Balaban J connectivity index is 1.61. The molecule has 1 fully saturated rings. The first-order valence-electron chi connectivity index (χ1n) is 7.68. The number of carboxylic acids is 1. The van der Waals surface area contributed by atoms with Crippen molar-refractivity contribution in [2.75, 3.05) is 13.7 Å². The largest absolute Gasteiger partial charge is 0.482 e. The van der Waals surface area contributed by atoms with E-state index in [4.69, 9.17) is 14.4 Å². The highest BCUT2D eigenvalue weighted by Crippen LogP contribution is 2.41. The molecule has 1 N–H and O–H groups in total. The van der Waals surface area contributed by atoms with Crippen molar-refractivity contribution >= 4 is 11.9 Å². The SMILES string of the molecule is CN(Cc1ccc(OCC(=O)O)cc1)C(=O)c1conc1C1CC1. The second-order valence-electron chi connectivity index (χ2n) is 5.88. The van der Waals surface area contributed by atoms with E-state index in [1.54, 1.807) is 36.2 Å². The molecule has 7 heteroatoms. The number of hydrogen-bond donors (Lipinski definition) is 1. The zero-order valence-electron chi connectivity index (χ0n) is 13.3. The monoisotopic (exact) mass is 330 g/mol. The molecule has 1 heterocycles. The Morgan fingerprint density at radius 2 is 2.04 bits per heavy atom. The number of ether oxygens (including phenoxy) is 1. The predicted molar refractivity (Wildman–Crippen MR) is 83.8 cm³/mol. The average Bonchev–Trinajstić information content (AvgIpc) is 3.30. The van der Waals surface area contributed by atoms with Crippen molar-refractivity contribution in [1.29, 1.82) is 0 Å². The van der Waals surface area contributed by atoms with Gasteiger partial charge in [0.2, 0.25) is 0 Å². The van der Waals surface area contributed by atoms with Gasteiger partial charge in [0.1, 0.15) is 17.6 Å². The number of amides is 1. The molecule has 1 aliphatic carbocycles. The first-order chi connectivity index (χ1) is 11.5. The number of carbonyl (C=O) groups is 2. The normalized spacial score (nSPS) is 13.5. The van der Waals surface area contributed by atoms with Gasteiger partial charge in [-0.3, -0.25) is 4.79 Å². The van der Waals surface area contributed by atoms with E-state index in [1.807, 2.05) is 0 Å². The number of benzene rings is 1. The van der Waals surface area contributed by atoms with Gasteiger partial charge in [-0.2, -0.15) is 0 Å². The molecule has 1 aromatic carbocycles. The predicted octanol–water partition coefficient (Wildman–Crippen LogP) is 2.29. The molecule has 3 rings (SSSR count). The highest BCUT2D eigenvalue weighted by atomic mass is 16.5. The van der Waals surface area contributed by atoms with Crippen molar-refractivity contribution in [3.05, 3.63) is 47.3 Å². The van der Waals surface area contributed by atoms with Crippen molar-refractivity contribution in [3.63, 3.8) is 0 Å². The molecule has 0 atom stereocenters. The molecule has 2 aromatic rings. The molecule has 1 amide bonds. The summed E-state index contributed by atoms with van der Waals surface area (Å²) >= 11 is 0. The van der Waals surface area contributed by atoms with Crippen LogP contribution >= 0.6 is 0 Å². The van der Waals surface area contributed by atoms with Crippen LogP contribution in [0.2, 0.25) is 0 Å². The Labute approximate surface area is 138 Å². The minimum atomic E-state index is -1.02. The highest BCUT2D eigenvalue weighted by Gasteiger charge is 2.32. The maximum atomic E-state index is 12.5. The summed E-state index contributed by atoms with van der Waals surface area (Å²) < 4.78 is 10.1. The van der Waals surface area contributed by atoms with Gasteiger partial charge in [-0.05, 0) is 30.5 Å². The van der Waals surface area contributed by atoms with E-state index in [0.29, 0.717) is 23.8 Å². The van der Waals surface area contributed by atoms with Crippen LogP contribution in [-0.2, 0) is 11.3 Å². The van der Waals surface area contributed by atoms with E-state index in [0.717, 1.165) is 24.1 Å². The zero-order valence-corrected chi connectivity index (χ0v) is 13.3. The maximum Gasteiger partial charge on any atom is 0.341 e. The summed E-state index contributed by atoms with van der Waals surface area (Å²) in [5.74, 6) is -0.319. The van der Waals surface area contributed by atoms with Crippen LogP contribution in [0.25, 0.3) is 0 Å². The van der Waals surface area contributed by atoms with Crippen molar-refractivity contribution in [2.45, 2.75) is 25.3 Å². The third-order valence-corrected chi connectivity index (χ3v) is 3.84. The lowest BCUT2D eigenvalue weighted by Gasteiger charge is -2.17. The molecular formula is C17H18N2O5. The van der Waals surface area contributed by atoms with Gasteiger partial charge < -0.3 is 19.3 Å². The van der Waals surface area contributed by atoms with Crippen molar-refractivity contribution in [2.24, 2.45) is 0 Å². The van der Waals surface area contributed by atoms with Crippen LogP contribution < -0.4 is 4.74 Å². The Bertz CT molecular complexity index is 734. The van der Waals surface area contributed by atoms with E-state index in [-0.39, 0.29) is 12.5 Å². The summed E-state index contributed by atoms with van der Waals surface area (Å²) in [5.41, 5.74) is 2.20. The molecule has 0 saturated heterocycles. The number of carboxylic acid groups (broad SMARTS) is 1. The molecule has 0 bridgehead atoms. The third-order valence-electron chi connectivity index (χ3n) is 3.84. The van der Waals surface area contributed by atoms with Crippen molar-refractivity contribution in [1.82, 2.24) is 10.1 Å². The van der Waals surface area contributed by atoms with Gasteiger partial charge in [0.05, 0.1) is 5.69 Å². The summed E-state index contributed by atoms with van der Waals surface area (Å²) in [7, 11) is 1.72. The van der Waals surface area contributed by atoms with E-state index in [1.165, 1.54) is 6.26 Å². The average molecular weight is 330 g/mol. The number of carbonyl (C=O) groups excluding carboxylic acids is 1. The lowest BCUT2D eigenvalue weighted by atomic mass is 10.1. The quantitative estimate of drug-likeness (QED) is 0.837. The van der Waals surface area contributed by atoms with Crippen LogP contribution in [0, 0.1) is 0 Å². The Kier molecular flexibility index (Phi) is 4.50. The highest BCUT2D eigenvalue weighted by molar-refractivity contribution is 5.95. The maximum absolute atomic E-state index is 12.5. The molecule has 0 unspecified atom stereocenters. The minimum absolute atomic E-state index is 0.121. The fourth-order valence-corrected chi connectivity index (χ4v) is 2.44. The summed E-state index contributed by atoms with van der Waals surface area (Å²) in [6, 6.07) is 6.98. The number of aliphatic carboxylic acids is 1. The number of hydrogen-bond acceptors (Lipinski definition) is 5. The second kappa shape index (κ2) is 6.74. The van der Waals surface area contributed by atoms with E-state index in [9.17, 15) is 9.59 Å². The van der Waals surface area contributed by atoms with Crippen LogP contribution in [0.4, 0.5) is 0 Å². The summed E-state index contributed by atoms with van der Waals surface area (Å²) in [6.07, 6.45) is 3.51. The van der Waals surface area contributed by atoms with Gasteiger partial charge in [-0.1, -0.05) is 17.3 Å². The topological polar surface area (TPSA) is 92.9 Å². The lowest BCUT2D eigenvalue weighted by molar-refractivity contribution is -0.139. The van der Waals surface area contributed by atoms with Crippen LogP contribution in [-0.4, -0.2) is 40.7 Å². The molecular weight excluding hydrogens is 312 g/mol. The first-order valence-corrected chi connectivity index (χ1v) is 7.68. The second-order valence-corrected chi connectivity index (χ2v) is 5.88. The molecule has 0 aliphatic heterocycles. The lowest BCUT2D eigenvalue weighted by Crippen LogP contribution is -2.26.